The van der Waals surface area contributed by atoms with Gasteiger partial charge in [0.1, 0.15) is 18.1 Å². The lowest BCUT2D eigenvalue weighted by atomic mass is 10.1. The average Bonchev–Trinajstić information content (AvgIpc) is 2.44. The van der Waals surface area contributed by atoms with Crippen LogP contribution in [0.1, 0.15) is 16.7 Å². The molecule has 0 atom stereocenters. The summed E-state index contributed by atoms with van der Waals surface area (Å²) < 4.78 is 5.83. The van der Waals surface area contributed by atoms with Crippen LogP contribution in [0.4, 0.5) is 0 Å². The first-order valence-electron chi connectivity index (χ1n) is 7.22. The standard InChI is InChI=1S/C18H23NO2/c1-14-8-9-18(15(2)12-14)21-11-10-19(3)13-16-6-4-5-7-17(16)20/h4-9,12,20H,10-11,13H2,1-3H3. The van der Waals surface area contributed by atoms with Crippen LogP contribution in [-0.2, 0) is 6.54 Å². The smallest absolute Gasteiger partial charge is 0.122 e. The lowest BCUT2D eigenvalue weighted by molar-refractivity contribution is 0.230. The highest BCUT2D eigenvalue weighted by molar-refractivity contribution is 5.35. The van der Waals surface area contributed by atoms with Gasteiger partial charge in [0.2, 0.25) is 0 Å². The molecule has 0 amide bonds. The number of phenols is 1. The van der Waals surface area contributed by atoms with Crippen molar-refractivity contribution in [3.8, 4) is 11.5 Å². The molecule has 0 aromatic heterocycles. The summed E-state index contributed by atoms with van der Waals surface area (Å²) in [5, 5.41) is 9.77. The Balaban J connectivity index is 1.82. The van der Waals surface area contributed by atoms with Gasteiger partial charge in [-0.25, -0.2) is 0 Å². The fraction of sp³-hybridized carbons (Fsp3) is 0.333. The maximum atomic E-state index is 9.77. The molecule has 1 N–H and O–H groups in total. The lowest BCUT2D eigenvalue weighted by Gasteiger charge is -2.18. The van der Waals surface area contributed by atoms with Crippen LogP contribution < -0.4 is 4.74 Å². The number of hydrogen-bond acceptors (Lipinski definition) is 3. The van der Waals surface area contributed by atoms with Gasteiger partial charge in [0, 0.05) is 18.7 Å². The summed E-state index contributed by atoms with van der Waals surface area (Å²) in [6.45, 7) is 6.30. The molecule has 0 spiro atoms. The van der Waals surface area contributed by atoms with Crippen LogP contribution in [0.3, 0.4) is 0 Å². The summed E-state index contributed by atoms with van der Waals surface area (Å²) in [4.78, 5) is 2.14. The molecule has 0 heterocycles. The minimum absolute atomic E-state index is 0.347. The second-order valence-electron chi connectivity index (χ2n) is 5.48. The first-order chi connectivity index (χ1) is 10.1. The van der Waals surface area contributed by atoms with Crippen LogP contribution in [0.5, 0.6) is 11.5 Å². The van der Waals surface area contributed by atoms with E-state index < -0.39 is 0 Å². The molecular weight excluding hydrogens is 262 g/mol. The minimum atomic E-state index is 0.347. The number of aromatic hydroxyl groups is 1. The molecule has 0 bridgehead atoms. The van der Waals surface area contributed by atoms with Gasteiger partial charge in [0.25, 0.3) is 0 Å². The maximum Gasteiger partial charge on any atom is 0.122 e. The van der Waals surface area contributed by atoms with Crippen molar-refractivity contribution in [2.75, 3.05) is 20.2 Å². The molecular formula is C18H23NO2. The number of likely N-dealkylation sites (N-methyl/N-ethyl adjacent to an activating group) is 1. The highest BCUT2D eigenvalue weighted by Gasteiger charge is 2.05. The van der Waals surface area contributed by atoms with Crippen molar-refractivity contribution in [3.05, 3.63) is 59.2 Å². The van der Waals surface area contributed by atoms with Gasteiger partial charge in [-0.2, -0.15) is 0 Å². The second-order valence-corrected chi connectivity index (χ2v) is 5.48. The van der Waals surface area contributed by atoms with Gasteiger partial charge < -0.3 is 9.84 Å². The molecule has 21 heavy (non-hydrogen) atoms. The van der Waals surface area contributed by atoms with Crippen molar-refractivity contribution < 1.29 is 9.84 Å². The van der Waals surface area contributed by atoms with Crippen molar-refractivity contribution in [1.82, 2.24) is 4.90 Å². The molecule has 3 nitrogen and oxygen atoms in total. The molecule has 112 valence electrons. The zero-order chi connectivity index (χ0) is 15.2. The van der Waals surface area contributed by atoms with Crippen LogP contribution in [0.2, 0.25) is 0 Å². The van der Waals surface area contributed by atoms with Gasteiger partial charge in [-0.05, 0) is 38.6 Å². The molecule has 0 aliphatic carbocycles. The number of ether oxygens (including phenoxy) is 1. The number of phenolic OH excluding ortho intramolecular Hbond substituents is 1. The Hall–Kier alpha value is -2.00. The molecule has 2 aromatic carbocycles. The van der Waals surface area contributed by atoms with E-state index in [4.69, 9.17) is 4.74 Å². The minimum Gasteiger partial charge on any atom is -0.508 e. The summed E-state index contributed by atoms with van der Waals surface area (Å²) >= 11 is 0. The van der Waals surface area contributed by atoms with Crippen LogP contribution >= 0.6 is 0 Å². The summed E-state index contributed by atoms with van der Waals surface area (Å²) in [6, 6.07) is 13.6. The SMILES string of the molecule is Cc1ccc(OCCN(C)Cc2ccccc2O)c(C)c1. The number of benzene rings is 2. The fourth-order valence-electron chi connectivity index (χ4n) is 2.29. The van der Waals surface area contributed by atoms with E-state index in [1.165, 1.54) is 11.1 Å². The van der Waals surface area contributed by atoms with Crippen molar-refractivity contribution in [1.29, 1.82) is 0 Å². The van der Waals surface area contributed by atoms with E-state index in [0.717, 1.165) is 17.9 Å². The van der Waals surface area contributed by atoms with Crippen LogP contribution in [-0.4, -0.2) is 30.2 Å². The number of aryl methyl sites for hydroxylation is 2. The topological polar surface area (TPSA) is 32.7 Å². The van der Waals surface area contributed by atoms with E-state index in [9.17, 15) is 5.11 Å². The molecule has 0 unspecified atom stereocenters. The van der Waals surface area contributed by atoms with E-state index in [-0.39, 0.29) is 0 Å². The van der Waals surface area contributed by atoms with Gasteiger partial charge >= 0.3 is 0 Å². The largest absolute Gasteiger partial charge is 0.508 e. The first-order valence-corrected chi connectivity index (χ1v) is 7.22. The second kappa shape index (κ2) is 7.14. The highest BCUT2D eigenvalue weighted by atomic mass is 16.5. The van der Waals surface area contributed by atoms with Gasteiger partial charge in [-0.1, -0.05) is 35.9 Å². The Bertz CT molecular complexity index is 596. The predicted molar refractivity (Wildman–Crippen MR) is 85.9 cm³/mol. The third-order valence-corrected chi connectivity index (χ3v) is 3.49. The van der Waals surface area contributed by atoms with Crippen molar-refractivity contribution in [3.63, 3.8) is 0 Å². The van der Waals surface area contributed by atoms with Gasteiger partial charge in [-0.15, -0.1) is 0 Å². The van der Waals surface area contributed by atoms with Crippen LogP contribution in [0.15, 0.2) is 42.5 Å². The fourth-order valence-corrected chi connectivity index (χ4v) is 2.29. The zero-order valence-electron chi connectivity index (χ0n) is 13.0. The molecule has 2 aromatic rings. The lowest BCUT2D eigenvalue weighted by Crippen LogP contribution is -2.24. The first kappa shape index (κ1) is 15.4. The van der Waals surface area contributed by atoms with Crippen molar-refractivity contribution in [2.24, 2.45) is 0 Å². The van der Waals surface area contributed by atoms with Gasteiger partial charge in [-0.3, -0.25) is 4.90 Å². The number of rotatable bonds is 6. The molecule has 3 heteroatoms. The van der Waals surface area contributed by atoms with Crippen molar-refractivity contribution in [2.45, 2.75) is 20.4 Å². The number of hydrogen-bond donors (Lipinski definition) is 1. The van der Waals surface area contributed by atoms with E-state index in [0.29, 0.717) is 18.9 Å². The van der Waals surface area contributed by atoms with E-state index >= 15 is 0 Å². The third-order valence-electron chi connectivity index (χ3n) is 3.49. The average molecular weight is 285 g/mol. The number of para-hydroxylation sites is 1. The highest BCUT2D eigenvalue weighted by Crippen LogP contribution is 2.19. The monoisotopic (exact) mass is 285 g/mol. The van der Waals surface area contributed by atoms with E-state index in [2.05, 4.69) is 30.9 Å². The molecule has 0 saturated heterocycles. The number of nitrogens with zero attached hydrogens (tertiary/aromatic N) is 1. The molecule has 0 fully saturated rings. The van der Waals surface area contributed by atoms with E-state index in [1.807, 2.05) is 31.3 Å². The Kier molecular flexibility index (Phi) is 5.23. The summed E-state index contributed by atoms with van der Waals surface area (Å²) in [5.41, 5.74) is 3.35. The Labute approximate surface area is 126 Å². The summed E-state index contributed by atoms with van der Waals surface area (Å²) in [5.74, 6) is 1.29. The quantitative estimate of drug-likeness (QED) is 0.881. The molecule has 0 aliphatic heterocycles. The Morgan fingerprint density at radius 3 is 2.57 bits per heavy atom. The maximum absolute atomic E-state index is 9.77. The van der Waals surface area contributed by atoms with Gasteiger partial charge in [0.05, 0.1) is 0 Å². The summed E-state index contributed by atoms with van der Waals surface area (Å²) in [7, 11) is 2.03. The normalized spacial score (nSPS) is 10.9. The van der Waals surface area contributed by atoms with Crippen LogP contribution in [0.25, 0.3) is 0 Å². The Morgan fingerprint density at radius 2 is 1.86 bits per heavy atom. The predicted octanol–water partition coefficient (Wildman–Crippen LogP) is 3.52. The van der Waals surface area contributed by atoms with E-state index in [1.54, 1.807) is 6.07 Å². The molecule has 0 saturated carbocycles. The molecule has 2 rings (SSSR count). The molecule has 0 radical (unpaired) electrons. The molecule has 0 aliphatic rings. The Morgan fingerprint density at radius 1 is 1.10 bits per heavy atom. The zero-order valence-corrected chi connectivity index (χ0v) is 13.0. The summed E-state index contributed by atoms with van der Waals surface area (Å²) in [6.07, 6.45) is 0. The third kappa shape index (κ3) is 4.50. The van der Waals surface area contributed by atoms with Gasteiger partial charge in [0.15, 0.2) is 0 Å². The van der Waals surface area contributed by atoms with Crippen LogP contribution in [0, 0.1) is 13.8 Å². The van der Waals surface area contributed by atoms with Crippen molar-refractivity contribution >= 4 is 0 Å².